The van der Waals surface area contributed by atoms with Gasteiger partial charge in [0.2, 0.25) is 0 Å². The Morgan fingerprint density at radius 3 is 2.70 bits per heavy atom. The Morgan fingerprint density at radius 1 is 1.03 bits per heavy atom. The molecule has 10 nitrogen and oxygen atoms in total. The molecule has 0 spiro atoms. The standard InChI is InChI=1S/C23H24N6O4/c1-31-10-8-24-22(30)18-5-4-6-20(26-18)27-21-13-17-11-15(7-9-29(17)28-21)16-12-19(32-2)23(33-3)25-14-16/h4-7,9,11-14H,8,10H2,1-3H3,(H,24,30)(H,26,27,28). The maximum Gasteiger partial charge on any atom is 0.270 e. The molecule has 0 aromatic carbocycles. The van der Waals surface area contributed by atoms with Crippen molar-refractivity contribution in [2.45, 2.75) is 0 Å². The van der Waals surface area contributed by atoms with Gasteiger partial charge in [0.15, 0.2) is 11.6 Å². The monoisotopic (exact) mass is 448 g/mol. The van der Waals surface area contributed by atoms with E-state index in [1.807, 2.05) is 30.5 Å². The second-order valence-corrected chi connectivity index (χ2v) is 7.03. The Kier molecular flexibility index (Phi) is 6.65. The maximum absolute atomic E-state index is 12.2. The quantitative estimate of drug-likeness (QED) is 0.376. The van der Waals surface area contributed by atoms with Gasteiger partial charge in [0.05, 0.1) is 26.3 Å². The summed E-state index contributed by atoms with van der Waals surface area (Å²) < 4.78 is 17.3. The molecule has 170 valence electrons. The highest BCUT2D eigenvalue weighted by Gasteiger charge is 2.11. The summed E-state index contributed by atoms with van der Waals surface area (Å²) in [6.07, 6.45) is 3.59. The van der Waals surface area contributed by atoms with Crippen LogP contribution in [0.2, 0.25) is 0 Å². The van der Waals surface area contributed by atoms with Crippen LogP contribution in [-0.2, 0) is 4.74 Å². The molecule has 4 aromatic heterocycles. The summed E-state index contributed by atoms with van der Waals surface area (Å²) in [5, 5.41) is 10.4. The number of methoxy groups -OCH3 is 3. The van der Waals surface area contributed by atoms with Crippen molar-refractivity contribution < 1.29 is 19.0 Å². The number of carbonyl (C=O) groups is 1. The molecular weight excluding hydrogens is 424 g/mol. The summed E-state index contributed by atoms with van der Waals surface area (Å²) in [4.78, 5) is 20.9. The zero-order chi connectivity index (χ0) is 23.2. The average Bonchev–Trinajstić information content (AvgIpc) is 3.25. The number of hydrogen-bond donors (Lipinski definition) is 2. The van der Waals surface area contributed by atoms with Crippen molar-refractivity contribution >= 4 is 23.1 Å². The highest BCUT2D eigenvalue weighted by molar-refractivity contribution is 5.92. The van der Waals surface area contributed by atoms with Crippen LogP contribution in [0.5, 0.6) is 11.6 Å². The van der Waals surface area contributed by atoms with Crippen LogP contribution in [0.3, 0.4) is 0 Å². The van der Waals surface area contributed by atoms with Gasteiger partial charge in [-0.2, -0.15) is 5.10 Å². The molecule has 0 bridgehead atoms. The third-order valence-corrected chi connectivity index (χ3v) is 4.86. The molecule has 33 heavy (non-hydrogen) atoms. The lowest BCUT2D eigenvalue weighted by atomic mass is 10.1. The minimum Gasteiger partial charge on any atom is -0.491 e. The summed E-state index contributed by atoms with van der Waals surface area (Å²) in [6.45, 7) is 0.852. The highest BCUT2D eigenvalue weighted by Crippen LogP contribution is 2.30. The number of nitrogens with zero attached hydrogens (tertiary/aromatic N) is 4. The number of hydrogen-bond acceptors (Lipinski definition) is 8. The van der Waals surface area contributed by atoms with E-state index in [0.717, 1.165) is 16.6 Å². The number of nitrogens with one attached hydrogen (secondary N) is 2. The summed E-state index contributed by atoms with van der Waals surface area (Å²) >= 11 is 0. The number of rotatable bonds is 9. The van der Waals surface area contributed by atoms with Crippen molar-refractivity contribution in [3.05, 3.63) is 60.6 Å². The molecule has 4 heterocycles. The number of carbonyl (C=O) groups excluding carboxylic acids is 1. The van der Waals surface area contributed by atoms with Crippen LogP contribution in [0.1, 0.15) is 10.5 Å². The van der Waals surface area contributed by atoms with Gasteiger partial charge in [-0.3, -0.25) is 4.79 Å². The lowest BCUT2D eigenvalue weighted by Gasteiger charge is -2.08. The van der Waals surface area contributed by atoms with E-state index in [4.69, 9.17) is 14.2 Å². The van der Waals surface area contributed by atoms with Gasteiger partial charge in [0, 0.05) is 37.7 Å². The second-order valence-electron chi connectivity index (χ2n) is 7.03. The van der Waals surface area contributed by atoms with Gasteiger partial charge in [0.25, 0.3) is 11.8 Å². The largest absolute Gasteiger partial charge is 0.491 e. The molecule has 0 unspecified atom stereocenters. The van der Waals surface area contributed by atoms with E-state index >= 15 is 0 Å². The highest BCUT2D eigenvalue weighted by atomic mass is 16.5. The first-order valence-electron chi connectivity index (χ1n) is 10.2. The summed E-state index contributed by atoms with van der Waals surface area (Å²) in [7, 11) is 4.71. The second kappa shape index (κ2) is 9.96. The molecule has 1 amide bonds. The molecule has 4 aromatic rings. The first-order valence-corrected chi connectivity index (χ1v) is 10.2. The van der Waals surface area contributed by atoms with Gasteiger partial charge in [-0.05, 0) is 35.9 Å². The van der Waals surface area contributed by atoms with E-state index in [2.05, 4.69) is 25.7 Å². The topological polar surface area (TPSA) is 112 Å². The minimum atomic E-state index is -0.265. The van der Waals surface area contributed by atoms with E-state index in [1.165, 1.54) is 0 Å². The Hall–Kier alpha value is -4.18. The van der Waals surface area contributed by atoms with Gasteiger partial charge in [-0.1, -0.05) is 6.07 Å². The van der Waals surface area contributed by atoms with Crippen LogP contribution in [0, 0.1) is 0 Å². The molecule has 0 atom stereocenters. The van der Waals surface area contributed by atoms with E-state index in [1.54, 1.807) is 50.2 Å². The number of anilines is 2. The van der Waals surface area contributed by atoms with Crippen LogP contribution in [0.25, 0.3) is 16.6 Å². The Morgan fingerprint density at radius 2 is 1.91 bits per heavy atom. The Labute approximate surface area is 190 Å². The molecular formula is C23H24N6O4. The molecule has 4 rings (SSSR count). The molecule has 0 aliphatic rings. The predicted molar refractivity (Wildman–Crippen MR) is 123 cm³/mol. The molecule has 0 aliphatic carbocycles. The zero-order valence-electron chi connectivity index (χ0n) is 18.5. The van der Waals surface area contributed by atoms with Crippen LogP contribution in [-0.4, -0.2) is 60.0 Å². The number of ether oxygens (including phenoxy) is 3. The first-order chi connectivity index (χ1) is 16.1. The molecule has 0 aliphatic heterocycles. The van der Waals surface area contributed by atoms with Gasteiger partial charge >= 0.3 is 0 Å². The smallest absolute Gasteiger partial charge is 0.270 e. The van der Waals surface area contributed by atoms with E-state index in [9.17, 15) is 4.79 Å². The fourth-order valence-electron chi connectivity index (χ4n) is 3.24. The van der Waals surface area contributed by atoms with Crippen LogP contribution >= 0.6 is 0 Å². The average molecular weight is 448 g/mol. The van der Waals surface area contributed by atoms with Crippen molar-refractivity contribution in [1.29, 1.82) is 0 Å². The molecule has 2 N–H and O–H groups in total. The number of amides is 1. The first kappa shape index (κ1) is 22.0. The van der Waals surface area contributed by atoms with E-state index < -0.39 is 0 Å². The van der Waals surface area contributed by atoms with Gasteiger partial charge in [0.1, 0.15) is 11.5 Å². The third kappa shape index (κ3) is 5.01. The van der Waals surface area contributed by atoms with E-state index in [-0.39, 0.29) is 5.91 Å². The molecule has 0 fully saturated rings. The fourth-order valence-corrected chi connectivity index (χ4v) is 3.24. The van der Waals surface area contributed by atoms with Gasteiger partial charge in [-0.25, -0.2) is 14.5 Å². The normalized spacial score (nSPS) is 10.8. The van der Waals surface area contributed by atoms with Crippen molar-refractivity contribution in [2.24, 2.45) is 0 Å². The zero-order valence-corrected chi connectivity index (χ0v) is 18.5. The van der Waals surface area contributed by atoms with Crippen molar-refractivity contribution in [2.75, 3.05) is 39.8 Å². The van der Waals surface area contributed by atoms with Crippen molar-refractivity contribution in [1.82, 2.24) is 24.9 Å². The number of pyridine rings is 3. The lowest BCUT2D eigenvalue weighted by molar-refractivity contribution is 0.0932. The summed E-state index contributed by atoms with van der Waals surface area (Å²) in [5.74, 6) is 1.84. The van der Waals surface area contributed by atoms with Gasteiger partial charge < -0.3 is 24.8 Å². The van der Waals surface area contributed by atoms with Crippen molar-refractivity contribution in [3.8, 4) is 22.8 Å². The summed E-state index contributed by atoms with van der Waals surface area (Å²) in [5.41, 5.74) is 3.02. The Bertz CT molecular complexity index is 1270. The van der Waals surface area contributed by atoms with Crippen molar-refractivity contribution in [3.63, 3.8) is 0 Å². The molecule has 0 saturated carbocycles. The predicted octanol–water partition coefficient (Wildman–Crippen LogP) is 2.93. The maximum atomic E-state index is 12.2. The molecule has 0 saturated heterocycles. The minimum absolute atomic E-state index is 0.265. The number of fused-ring (bicyclic) bond motifs is 1. The molecule has 10 heteroatoms. The Balaban J connectivity index is 1.54. The summed E-state index contributed by atoms with van der Waals surface area (Å²) in [6, 6.07) is 12.9. The van der Waals surface area contributed by atoms with Crippen LogP contribution < -0.4 is 20.1 Å². The third-order valence-electron chi connectivity index (χ3n) is 4.86. The van der Waals surface area contributed by atoms with E-state index in [0.29, 0.717) is 42.1 Å². The van der Waals surface area contributed by atoms with Crippen LogP contribution in [0.15, 0.2) is 54.9 Å². The van der Waals surface area contributed by atoms with Crippen LogP contribution in [0.4, 0.5) is 11.6 Å². The fraction of sp³-hybridized carbons (Fsp3) is 0.217. The SMILES string of the molecule is COCCNC(=O)c1cccc(Nc2cc3cc(-c4cnc(OC)c(OC)c4)ccn3n2)n1. The lowest BCUT2D eigenvalue weighted by Crippen LogP contribution is -2.27. The number of aromatic nitrogens is 4. The van der Waals surface area contributed by atoms with Gasteiger partial charge in [-0.15, -0.1) is 0 Å². The molecule has 0 radical (unpaired) electrons.